The number of aliphatic hydroxyl groups excluding tert-OH is 1. The molecule has 1 amide bonds. The van der Waals surface area contributed by atoms with Gasteiger partial charge in [0.1, 0.15) is 0 Å². The number of hydrogen-bond acceptors (Lipinski definition) is 3. The summed E-state index contributed by atoms with van der Waals surface area (Å²) >= 11 is 9.14. The normalized spacial score (nSPS) is 11.8. The molecule has 4 nitrogen and oxygen atoms in total. The summed E-state index contributed by atoms with van der Waals surface area (Å²) in [6.07, 6.45) is -4.26. The number of halogens is 5. The lowest BCUT2D eigenvalue weighted by molar-refractivity contribution is -0.148. The Bertz CT molecular complexity index is 515. The number of rotatable bonds is 7. The lowest BCUT2D eigenvalue weighted by Gasteiger charge is -2.22. The topological polar surface area (TPSA) is 52.6 Å². The first-order valence-corrected chi connectivity index (χ1v) is 7.53. The number of aliphatic hydroxyl groups is 1. The van der Waals surface area contributed by atoms with Crippen LogP contribution in [0.15, 0.2) is 22.7 Å². The van der Waals surface area contributed by atoms with Crippen LogP contribution in [0.4, 0.5) is 18.9 Å². The lowest BCUT2D eigenvalue weighted by atomic mass is 10.3. The SMILES string of the molecule is O=C(CN(CCCO)CC(F)(F)F)Nc1ccc(Br)cc1Cl. The summed E-state index contributed by atoms with van der Waals surface area (Å²) in [4.78, 5) is 12.8. The molecule has 1 rings (SSSR count). The van der Waals surface area contributed by atoms with Crippen LogP contribution in [0.25, 0.3) is 0 Å². The molecule has 0 saturated carbocycles. The first-order valence-electron chi connectivity index (χ1n) is 6.36. The predicted molar refractivity (Wildman–Crippen MR) is 82.0 cm³/mol. The Labute approximate surface area is 139 Å². The van der Waals surface area contributed by atoms with Crippen LogP contribution >= 0.6 is 27.5 Å². The standard InChI is InChI=1S/C13H15BrClF3N2O2/c14-9-2-3-11(10(15)6-9)19-12(22)7-20(4-1-5-21)8-13(16,17)18/h2-3,6,21H,1,4-5,7-8H2,(H,19,22). The highest BCUT2D eigenvalue weighted by atomic mass is 79.9. The van der Waals surface area contributed by atoms with Crippen LogP contribution in [0.5, 0.6) is 0 Å². The van der Waals surface area contributed by atoms with Gasteiger partial charge in [0, 0.05) is 17.6 Å². The van der Waals surface area contributed by atoms with Crippen molar-refractivity contribution in [1.82, 2.24) is 4.90 Å². The Hall–Kier alpha value is -0.830. The maximum atomic E-state index is 12.5. The molecular weight excluding hydrogens is 389 g/mol. The van der Waals surface area contributed by atoms with E-state index in [-0.39, 0.29) is 24.6 Å². The monoisotopic (exact) mass is 402 g/mol. The van der Waals surface area contributed by atoms with Gasteiger partial charge in [0.05, 0.1) is 23.8 Å². The summed E-state index contributed by atoms with van der Waals surface area (Å²) < 4.78 is 38.1. The second-order valence-electron chi connectivity index (χ2n) is 4.58. The van der Waals surface area contributed by atoms with Crippen molar-refractivity contribution in [3.8, 4) is 0 Å². The molecular formula is C13H15BrClF3N2O2. The first-order chi connectivity index (χ1) is 10.2. The molecule has 1 aromatic carbocycles. The first kappa shape index (κ1) is 19.2. The van der Waals surface area contributed by atoms with Gasteiger partial charge in [0.15, 0.2) is 0 Å². The second-order valence-corrected chi connectivity index (χ2v) is 5.90. The van der Waals surface area contributed by atoms with Gasteiger partial charge in [-0.15, -0.1) is 0 Å². The van der Waals surface area contributed by atoms with Crippen LogP contribution < -0.4 is 5.32 Å². The molecule has 2 N–H and O–H groups in total. The van der Waals surface area contributed by atoms with Gasteiger partial charge in [-0.25, -0.2) is 0 Å². The molecule has 0 saturated heterocycles. The highest BCUT2D eigenvalue weighted by molar-refractivity contribution is 9.10. The van der Waals surface area contributed by atoms with Crippen molar-refractivity contribution < 1.29 is 23.1 Å². The lowest BCUT2D eigenvalue weighted by Crippen LogP contribution is -2.40. The van der Waals surface area contributed by atoms with E-state index in [2.05, 4.69) is 21.2 Å². The highest BCUT2D eigenvalue weighted by Crippen LogP contribution is 2.25. The fourth-order valence-electron chi connectivity index (χ4n) is 1.75. The van der Waals surface area contributed by atoms with Gasteiger partial charge in [-0.05, 0) is 24.6 Å². The molecule has 0 bridgehead atoms. The summed E-state index contributed by atoms with van der Waals surface area (Å²) in [5.74, 6) is -0.605. The largest absolute Gasteiger partial charge is 0.401 e. The molecule has 0 aromatic heterocycles. The molecule has 0 radical (unpaired) electrons. The second kappa shape index (κ2) is 8.71. The minimum Gasteiger partial charge on any atom is -0.396 e. The van der Waals surface area contributed by atoms with Gasteiger partial charge in [-0.1, -0.05) is 27.5 Å². The number of alkyl halides is 3. The number of anilines is 1. The van der Waals surface area contributed by atoms with Crippen LogP contribution in [-0.2, 0) is 4.79 Å². The van der Waals surface area contributed by atoms with E-state index in [1.165, 1.54) is 0 Å². The summed E-state index contributed by atoms with van der Waals surface area (Å²) in [6.45, 7) is -1.92. The van der Waals surface area contributed by atoms with Gasteiger partial charge in [-0.2, -0.15) is 13.2 Å². The Kier molecular flexibility index (Phi) is 7.61. The Morgan fingerprint density at radius 2 is 2.09 bits per heavy atom. The number of nitrogens with zero attached hydrogens (tertiary/aromatic N) is 1. The van der Waals surface area contributed by atoms with Gasteiger partial charge in [0.25, 0.3) is 0 Å². The summed E-state index contributed by atoms with van der Waals surface area (Å²) in [5.41, 5.74) is 0.323. The average molecular weight is 404 g/mol. The summed E-state index contributed by atoms with van der Waals surface area (Å²) in [5, 5.41) is 11.5. The Morgan fingerprint density at radius 1 is 1.41 bits per heavy atom. The van der Waals surface area contributed by atoms with Gasteiger partial charge in [-0.3, -0.25) is 9.69 Å². The third-order valence-electron chi connectivity index (χ3n) is 2.61. The van der Waals surface area contributed by atoms with Crippen molar-refractivity contribution in [1.29, 1.82) is 0 Å². The molecule has 0 aliphatic carbocycles. The molecule has 0 unspecified atom stereocenters. The van der Waals surface area contributed by atoms with Crippen molar-refractivity contribution in [3.05, 3.63) is 27.7 Å². The molecule has 0 heterocycles. The summed E-state index contributed by atoms with van der Waals surface area (Å²) in [6, 6.07) is 4.77. The van der Waals surface area contributed by atoms with E-state index in [4.69, 9.17) is 16.7 Å². The quantitative estimate of drug-likeness (QED) is 0.735. The van der Waals surface area contributed by atoms with Crippen molar-refractivity contribution in [2.45, 2.75) is 12.6 Å². The minimum absolute atomic E-state index is 0.0303. The van der Waals surface area contributed by atoms with Crippen molar-refractivity contribution in [3.63, 3.8) is 0 Å². The van der Waals surface area contributed by atoms with Crippen LogP contribution in [0, 0.1) is 0 Å². The van der Waals surface area contributed by atoms with E-state index in [0.717, 1.165) is 9.37 Å². The Morgan fingerprint density at radius 3 is 2.64 bits per heavy atom. The smallest absolute Gasteiger partial charge is 0.396 e. The van der Waals surface area contributed by atoms with Crippen molar-refractivity contribution >= 4 is 39.1 Å². The van der Waals surface area contributed by atoms with Gasteiger partial charge < -0.3 is 10.4 Å². The fourth-order valence-corrected chi connectivity index (χ4v) is 2.47. The Balaban J connectivity index is 2.65. The van der Waals surface area contributed by atoms with Crippen LogP contribution in [0.2, 0.25) is 5.02 Å². The zero-order valence-corrected chi connectivity index (χ0v) is 13.8. The molecule has 124 valence electrons. The number of carbonyl (C=O) groups excluding carboxylic acids is 1. The number of benzene rings is 1. The fraction of sp³-hybridized carbons (Fsp3) is 0.462. The van der Waals surface area contributed by atoms with E-state index < -0.39 is 25.2 Å². The van der Waals surface area contributed by atoms with Gasteiger partial charge in [0.2, 0.25) is 5.91 Å². The van der Waals surface area contributed by atoms with Crippen LogP contribution in [0.1, 0.15) is 6.42 Å². The molecule has 0 fully saturated rings. The summed E-state index contributed by atoms with van der Waals surface area (Å²) in [7, 11) is 0. The van der Waals surface area contributed by atoms with E-state index >= 15 is 0 Å². The van der Waals surface area contributed by atoms with E-state index in [0.29, 0.717) is 5.69 Å². The van der Waals surface area contributed by atoms with E-state index in [1.54, 1.807) is 18.2 Å². The molecule has 0 aliphatic heterocycles. The molecule has 0 spiro atoms. The average Bonchev–Trinajstić information content (AvgIpc) is 2.37. The maximum Gasteiger partial charge on any atom is 0.401 e. The zero-order chi connectivity index (χ0) is 16.8. The highest BCUT2D eigenvalue weighted by Gasteiger charge is 2.31. The number of nitrogens with one attached hydrogen (secondary N) is 1. The zero-order valence-electron chi connectivity index (χ0n) is 11.5. The van der Waals surface area contributed by atoms with Gasteiger partial charge >= 0.3 is 6.18 Å². The van der Waals surface area contributed by atoms with Crippen LogP contribution in [-0.4, -0.2) is 48.3 Å². The van der Waals surface area contributed by atoms with Crippen LogP contribution in [0.3, 0.4) is 0 Å². The molecule has 0 atom stereocenters. The predicted octanol–water partition coefficient (Wildman–Crippen LogP) is 3.29. The van der Waals surface area contributed by atoms with Crippen molar-refractivity contribution in [2.24, 2.45) is 0 Å². The maximum absolute atomic E-state index is 12.5. The third-order valence-corrected chi connectivity index (χ3v) is 3.41. The number of amides is 1. The minimum atomic E-state index is -4.41. The van der Waals surface area contributed by atoms with Crippen molar-refractivity contribution in [2.75, 3.05) is 31.6 Å². The number of hydrogen-bond donors (Lipinski definition) is 2. The molecule has 9 heteroatoms. The van der Waals surface area contributed by atoms with E-state index in [1.807, 2.05) is 0 Å². The number of carbonyl (C=O) groups is 1. The van der Waals surface area contributed by atoms with E-state index in [9.17, 15) is 18.0 Å². The molecule has 22 heavy (non-hydrogen) atoms. The third kappa shape index (κ3) is 7.44. The molecule has 1 aromatic rings. The molecule has 0 aliphatic rings.